The molecule has 0 aliphatic rings. The molecule has 14 heavy (non-hydrogen) atoms. The quantitative estimate of drug-likeness (QED) is 0.462. The maximum absolute atomic E-state index is 10.9. The van der Waals surface area contributed by atoms with Gasteiger partial charge in [0.25, 0.3) is 0 Å². The van der Waals surface area contributed by atoms with E-state index in [4.69, 9.17) is 9.84 Å². The molecule has 2 N–H and O–H groups in total. The van der Waals surface area contributed by atoms with Gasteiger partial charge >= 0.3 is 11.9 Å². The molecule has 0 aromatic carbocycles. The standard InChI is InChI=1S/C9H17NO4/c1-3-14-8(11)5-4-6-10-7(2)9(12)13/h7,10H,3-6H2,1-2H3,(H,12,13). The van der Waals surface area contributed by atoms with Crippen molar-refractivity contribution in [1.82, 2.24) is 5.32 Å². The van der Waals surface area contributed by atoms with Gasteiger partial charge in [0.15, 0.2) is 0 Å². The number of hydrogen-bond donors (Lipinski definition) is 2. The van der Waals surface area contributed by atoms with Crippen molar-refractivity contribution in [3.8, 4) is 0 Å². The SMILES string of the molecule is CCOC(=O)CCCNC(C)C(=O)O. The number of rotatable bonds is 7. The molecule has 0 aliphatic heterocycles. The van der Waals surface area contributed by atoms with Crippen LogP contribution in [0.3, 0.4) is 0 Å². The van der Waals surface area contributed by atoms with Crippen molar-refractivity contribution in [2.45, 2.75) is 32.7 Å². The van der Waals surface area contributed by atoms with Crippen LogP contribution in [-0.4, -0.2) is 36.2 Å². The largest absolute Gasteiger partial charge is 0.480 e. The Morgan fingerprint density at radius 3 is 2.64 bits per heavy atom. The molecule has 0 saturated heterocycles. The van der Waals surface area contributed by atoms with Crippen LogP contribution in [0.15, 0.2) is 0 Å². The van der Waals surface area contributed by atoms with Crippen molar-refractivity contribution in [3.63, 3.8) is 0 Å². The molecule has 0 saturated carbocycles. The molecular formula is C9H17NO4. The molecule has 0 rings (SSSR count). The summed E-state index contributed by atoms with van der Waals surface area (Å²) in [6, 6.07) is -0.572. The van der Waals surface area contributed by atoms with Crippen LogP contribution < -0.4 is 5.32 Å². The smallest absolute Gasteiger partial charge is 0.320 e. The molecule has 0 radical (unpaired) electrons. The Morgan fingerprint density at radius 2 is 2.14 bits per heavy atom. The number of carbonyl (C=O) groups excluding carboxylic acids is 1. The van der Waals surface area contributed by atoms with Gasteiger partial charge in [-0.05, 0) is 26.8 Å². The summed E-state index contributed by atoms with van der Waals surface area (Å²) < 4.78 is 4.71. The molecular weight excluding hydrogens is 186 g/mol. The molecule has 0 aromatic heterocycles. The third kappa shape index (κ3) is 6.42. The summed E-state index contributed by atoms with van der Waals surface area (Å²) in [7, 11) is 0. The van der Waals surface area contributed by atoms with Crippen molar-refractivity contribution in [2.75, 3.05) is 13.2 Å². The number of carbonyl (C=O) groups is 2. The van der Waals surface area contributed by atoms with E-state index < -0.39 is 12.0 Å². The number of carboxylic acids is 1. The first kappa shape index (κ1) is 12.9. The summed E-state index contributed by atoms with van der Waals surface area (Å²) in [6.45, 7) is 4.21. The highest BCUT2D eigenvalue weighted by Crippen LogP contribution is 1.92. The Bertz CT molecular complexity index is 193. The molecule has 0 fully saturated rings. The van der Waals surface area contributed by atoms with Gasteiger partial charge in [0.05, 0.1) is 6.61 Å². The van der Waals surface area contributed by atoms with Gasteiger partial charge in [0.2, 0.25) is 0 Å². The molecule has 0 amide bonds. The third-order valence-corrected chi connectivity index (χ3v) is 1.68. The van der Waals surface area contributed by atoms with Crippen molar-refractivity contribution >= 4 is 11.9 Å². The monoisotopic (exact) mass is 203 g/mol. The van der Waals surface area contributed by atoms with Gasteiger partial charge in [0, 0.05) is 6.42 Å². The Kier molecular flexibility index (Phi) is 6.74. The highest BCUT2D eigenvalue weighted by molar-refractivity contribution is 5.72. The van der Waals surface area contributed by atoms with E-state index in [0.717, 1.165) is 0 Å². The average molecular weight is 203 g/mol. The zero-order chi connectivity index (χ0) is 11.0. The van der Waals surface area contributed by atoms with Crippen LogP contribution in [0, 0.1) is 0 Å². The average Bonchev–Trinajstić information content (AvgIpc) is 2.12. The number of esters is 1. The van der Waals surface area contributed by atoms with Crippen molar-refractivity contribution in [1.29, 1.82) is 0 Å². The van der Waals surface area contributed by atoms with Crippen molar-refractivity contribution < 1.29 is 19.4 Å². The Balaban J connectivity index is 3.37. The minimum absolute atomic E-state index is 0.239. The second kappa shape index (κ2) is 7.32. The fourth-order valence-electron chi connectivity index (χ4n) is 0.872. The summed E-state index contributed by atoms with van der Waals surface area (Å²) in [6.07, 6.45) is 0.920. The van der Waals surface area contributed by atoms with E-state index in [1.165, 1.54) is 0 Å². The molecule has 82 valence electrons. The van der Waals surface area contributed by atoms with E-state index >= 15 is 0 Å². The van der Waals surface area contributed by atoms with Crippen molar-refractivity contribution in [2.24, 2.45) is 0 Å². The topological polar surface area (TPSA) is 75.6 Å². The van der Waals surface area contributed by atoms with Crippen LogP contribution in [0.2, 0.25) is 0 Å². The first-order valence-electron chi connectivity index (χ1n) is 4.69. The maximum Gasteiger partial charge on any atom is 0.320 e. The summed E-state index contributed by atoms with van der Waals surface area (Å²) >= 11 is 0. The van der Waals surface area contributed by atoms with Crippen LogP contribution in [0.4, 0.5) is 0 Å². The second-order valence-corrected chi connectivity index (χ2v) is 2.92. The first-order chi connectivity index (χ1) is 6.57. The molecule has 0 heterocycles. The van der Waals surface area contributed by atoms with Gasteiger partial charge in [-0.1, -0.05) is 0 Å². The van der Waals surface area contributed by atoms with Gasteiger partial charge in [-0.3, -0.25) is 9.59 Å². The van der Waals surface area contributed by atoms with E-state index in [-0.39, 0.29) is 5.97 Å². The molecule has 0 aliphatic carbocycles. The van der Waals surface area contributed by atoms with E-state index in [2.05, 4.69) is 5.32 Å². The zero-order valence-electron chi connectivity index (χ0n) is 8.58. The molecule has 5 heteroatoms. The normalized spacial score (nSPS) is 12.1. The Labute approximate surface area is 83.4 Å². The fraction of sp³-hybridized carbons (Fsp3) is 0.778. The minimum Gasteiger partial charge on any atom is -0.480 e. The van der Waals surface area contributed by atoms with Crippen LogP contribution in [-0.2, 0) is 14.3 Å². The first-order valence-corrected chi connectivity index (χ1v) is 4.69. The zero-order valence-corrected chi connectivity index (χ0v) is 8.58. The molecule has 0 bridgehead atoms. The second-order valence-electron chi connectivity index (χ2n) is 2.92. The maximum atomic E-state index is 10.9. The Morgan fingerprint density at radius 1 is 1.50 bits per heavy atom. The summed E-state index contributed by atoms with van der Waals surface area (Å²) in [4.78, 5) is 21.2. The molecule has 0 spiro atoms. The van der Waals surface area contributed by atoms with Gasteiger partial charge in [0.1, 0.15) is 6.04 Å². The predicted molar refractivity (Wildman–Crippen MR) is 51.0 cm³/mol. The van der Waals surface area contributed by atoms with Crippen molar-refractivity contribution in [3.05, 3.63) is 0 Å². The predicted octanol–water partition coefficient (Wildman–Crippen LogP) is 0.392. The van der Waals surface area contributed by atoms with Gasteiger partial charge in [-0.2, -0.15) is 0 Å². The number of aliphatic carboxylic acids is 1. The number of carboxylic acid groups (broad SMARTS) is 1. The van der Waals surface area contributed by atoms with Crippen LogP contribution in [0.5, 0.6) is 0 Å². The lowest BCUT2D eigenvalue weighted by Crippen LogP contribution is -2.34. The van der Waals surface area contributed by atoms with Crippen LogP contribution >= 0.6 is 0 Å². The lowest BCUT2D eigenvalue weighted by atomic mass is 10.3. The van der Waals surface area contributed by atoms with Crippen LogP contribution in [0.25, 0.3) is 0 Å². The highest BCUT2D eigenvalue weighted by atomic mass is 16.5. The molecule has 5 nitrogen and oxygen atoms in total. The van der Waals surface area contributed by atoms with E-state index in [0.29, 0.717) is 26.0 Å². The molecule has 0 aromatic rings. The number of ether oxygens (including phenoxy) is 1. The van der Waals surface area contributed by atoms with E-state index in [1.54, 1.807) is 13.8 Å². The van der Waals surface area contributed by atoms with E-state index in [9.17, 15) is 9.59 Å². The highest BCUT2D eigenvalue weighted by Gasteiger charge is 2.09. The molecule has 1 unspecified atom stereocenters. The molecule has 1 atom stereocenters. The lowest BCUT2D eigenvalue weighted by molar-refractivity contribution is -0.143. The lowest BCUT2D eigenvalue weighted by Gasteiger charge is -2.08. The number of hydrogen-bond acceptors (Lipinski definition) is 4. The summed E-state index contributed by atoms with van der Waals surface area (Å²) in [5.41, 5.74) is 0. The fourth-order valence-corrected chi connectivity index (χ4v) is 0.872. The van der Waals surface area contributed by atoms with Crippen LogP contribution in [0.1, 0.15) is 26.7 Å². The van der Waals surface area contributed by atoms with Gasteiger partial charge in [-0.15, -0.1) is 0 Å². The van der Waals surface area contributed by atoms with E-state index in [1.807, 2.05) is 0 Å². The summed E-state index contributed by atoms with van der Waals surface area (Å²) in [5, 5.41) is 11.3. The third-order valence-electron chi connectivity index (χ3n) is 1.68. The minimum atomic E-state index is -0.888. The van der Waals surface area contributed by atoms with Gasteiger partial charge in [-0.25, -0.2) is 0 Å². The summed E-state index contributed by atoms with van der Waals surface area (Å²) in [5.74, 6) is -1.13. The van der Waals surface area contributed by atoms with Gasteiger partial charge < -0.3 is 15.2 Å². The Hall–Kier alpha value is -1.10. The number of nitrogens with one attached hydrogen (secondary N) is 1.